The molecule has 0 atom stereocenters. The van der Waals surface area contributed by atoms with E-state index in [9.17, 15) is 0 Å². The first-order valence-corrected chi connectivity index (χ1v) is 6.48. The first kappa shape index (κ1) is 12.9. The number of aromatic nitrogens is 1. The van der Waals surface area contributed by atoms with Crippen molar-refractivity contribution in [2.24, 2.45) is 0 Å². The highest BCUT2D eigenvalue weighted by atomic mass is 79.9. The van der Waals surface area contributed by atoms with Gasteiger partial charge in [0.1, 0.15) is 10.4 Å². The van der Waals surface area contributed by atoms with Crippen LogP contribution in [0.4, 0.5) is 5.69 Å². The van der Waals surface area contributed by atoms with E-state index in [0.29, 0.717) is 6.54 Å². The van der Waals surface area contributed by atoms with Crippen molar-refractivity contribution >= 4 is 21.6 Å². The molecule has 1 N–H and O–H groups in total. The molecule has 94 valence electrons. The van der Waals surface area contributed by atoms with Crippen molar-refractivity contribution in [2.75, 3.05) is 12.4 Å². The van der Waals surface area contributed by atoms with Crippen LogP contribution in [0.5, 0.6) is 5.75 Å². The Bertz CT molecular complexity index is 543. The number of rotatable bonds is 4. The fourth-order valence-corrected chi connectivity index (χ4v) is 2.08. The van der Waals surface area contributed by atoms with Crippen LogP contribution in [0.2, 0.25) is 0 Å². The Labute approximate surface area is 115 Å². The number of nitrogens with zero attached hydrogens (tertiary/aromatic N) is 1. The van der Waals surface area contributed by atoms with Crippen LogP contribution in [0.25, 0.3) is 0 Å². The van der Waals surface area contributed by atoms with Gasteiger partial charge < -0.3 is 10.1 Å². The van der Waals surface area contributed by atoms with Crippen molar-refractivity contribution in [3.05, 3.63) is 52.3 Å². The second kappa shape index (κ2) is 5.87. The number of benzene rings is 1. The van der Waals surface area contributed by atoms with Crippen molar-refractivity contribution in [2.45, 2.75) is 13.5 Å². The molecular formula is C14H15BrN2O. The fraction of sp³-hybridized carbons (Fsp3) is 0.214. The number of ether oxygens (including phenoxy) is 1. The molecule has 3 nitrogen and oxygen atoms in total. The van der Waals surface area contributed by atoms with Crippen molar-refractivity contribution in [1.29, 1.82) is 0 Å². The molecule has 0 saturated carbocycles. The Morgan fingerprint density at radius 3 is 2.78 bits per heavy atom. The van der Waals surface area contributed by atoms with Gasteiger partial charge in [-0.2, -0.15) is 0 Å². The second-order valence-corrected chi connectivity index (χ2v) is 4.80. The summed E-state index contributed by atoms with van der Waals surface area (Å²) in [6, 6.07) is 11.9. The average molecular weight is 307 g/mol. The summed E-state index contributed by atoms with van der Waals surface area (Å²) >= 11 is 3.37. The molecule has 2 rings (SSSR count). The van der Waals surface area contributed by atoms with Gasteiger partial charge in [-0.1, -0.05) is 6.07 Å². The lowest BCUT2D eigenvalue weighted by molar-refractivity contribution is 0.414. The topological polar surface area (TPSA) is 34.1 Å². The van der Waals surface area contributed by atoms with E-state index < -0.39 is 0 Å². The van der Waals surface area contributed by atoms with Crippen LogP contribution in [0.3, 0.4) is 0 Å². The van der Waals surface area contributed by atoms with E-state index in [4.69, 9.17) is 4.74 Å². The zero-order valence-electron chi connectivity index (χ0n) is 10.4. The largest absolute Gasteiger partial charge is 0.497 e. The SMILES string of the molecule is COc1ccc(NCc2cccc(Br)n2)c(C)c1. The third-order valence-corrected chi connectivity index (χ3v) is 3.11. The molecule has 1 heterocycles. The van der Waals surface area contributed by atoms with E-state index in [1.54, 1.807) is 7.11 Å². The van der Waals surface area contributed by atoms with E-state index in [1.165, 1.54) is 0 Å². The lowest BCUT2D eigenvalue weighted by Gasteiger charge is -2.10. The van der Waals surface area contributed by atoms with Crippen LogP contribution in [-0.2, 0) is 6.54 Å². The van der Waals surface area contributed by atoms with E-state index in [0.717, 1.165) is 27.3 Å². The van der Waals surface area contributed by atoms with Gasteiger partial charge in [0.2, 0.25) is 0 Å². The molecule has 0 bridgehead atoms. The van der Waals surface area contributed by atoms with Crippen LogP contribution in [0.1, 0.15) is 11.3 Å². The van der Waals surface area contributed by atoms with Gasteiger partial charge in [-0.05, 0) is 58.7 Å². The summed E-state index contributed by atoms with van der Waals surface area (Å²) < 4.78 is 6.04. The molecule has 0 unspecified atom stereocenters. The molecule has 0 aliphatic rings. The average Bonchev–Trinajstić information content (AvgIpc) is 2.37. The zero-order valence-corrected chi connectivity index (χ0v) is 12.0. The van der Waals surface area contributed by atoms with Crippen LogP contribution in [0.15, 0.2) is 41.0 Å². The molecule has 0 fully saturated rings. The van der Waals surface area contributed by atoms with Crippen molar-refractivity contribution in [3.8, 4) is 5.75 Å². The smallest absolute Gasteiger partial charge is 0.119 e. The minimum absolute atomic E-state index is 0.701. The second-order valence-electron chi connectivity index (χ2n) is 3.99. The highest BCUT2D eigenvalue weighted by Gasteiger charge is 2.01. The number of anilines is 1. The first-order valence-electron chi connectivity index (χ1n) is 5.69. The number of methoxy groups -OCH3 is 1. The highest BCUT2D eigenvalue weighted by Crippen LogP contribution is 2.21. The molecular weight excluding hydrogens is 292 g/mol. The predicted molar refractivity (Wildman–Crippen MR) is 77.0 cm³/mol. The number of pyridine rings is 1. The summed E-state index contributed by atoms with van der Waals surface area (Å²) in [5, 5.41) is 3.37. The van der Waals surface area contributed by atoms with E-state index in [2.05, 4.69) is 33.2 Å². The maximum Gasteiger partial charge on any atom is 0.119 e. The lowest BCUT2D eigenvalue weighted by atomic mass is 10.2. The van der Waals surface area contributed by atoms with Gasteiger partial charge in [-0.15, -0.1) is 0 Å². The third-order valence-electron chi connectivity index (χ3n) is 2.67. The summed E-state index contributed by atoms with van der Waals surface area (Å²) in [5.41, 5.74) is 3.25. The van der Waals surface area contributed by atoms with Crippen molar-refractivity contribution < 1.29 is 4.74 Å². The standard InChI is InChI=1S/C14H15BrN2O/c1-10-8-12(18-2)6-7-13(10)16-9-11-4-3-5-14(15)17-11/h3-8,16H,9H2,1-2H3. The minimum Gasteiger partial charge on any atom is -0.497 e. The van der Waals surface area contributed by atoms with Crippen molar-refractivity contribution in [1.82, 2.24) is 4.98 Å². The molecule has 0 saturated heterocycles. The van der Waals surface area contributed by atoms with E-state index in [1.807, 2.05) is 36.4 Å². The van der Waals surface area contributed by atoms with E-state index in [-0.39, 0.29) is 0 Å². The van der Waals surface area contributed by atoms with Gasteiger partial charge in [-0.25, -0.2) is 4.98 Å². The Kier molecular flexibility index (Phi) is 4.20. The van der Waals surface area contributed by atoms with E-state index >= 15 is 0 Å². The molecule has 4 heteroatoms. The quantitative estimate of drug-likeness (QED) is 0.873. The summed E-state index contributed by atoms with van der Waals surface area (Å²) in [7, 11) is 1.67. The predicted octanol–water partition coefficient (Wildman–Crippen LogP) is 3.77. The molecule has 0 aliphatic heterocycles. The van der Waals surface area contributed by atoms with Crippen LogP contribution in [0, 0.1) is 6.92 Å². The molecule has 0 aliphatic carbocycles. The number of aryl methyl sites for hydroxylation is 1. The number of halogens is 1. The Hall–Kier alpha value is -1.55. The van der Waals surface area contributed by atoms with Gasteiger partial charge in [0, 0.05) is 5.69 Å². The molecule has 18 heavy (non-hydrogen) atoms. The molecule has 1 aromatic heterocycles. The monoisotopic (exact) mass is 306 g/mol. The van der Waals surface area contributed by atoms with Gasteiger partial charge in [-0.3, -0.25) is 0 Å². The molecule has 0 spiro atoms. The minimum atomic E-state index is 0.701. The maximum atomic E-state index is 5.18. The van der Waals surface area contributed by atoms with Crippen LogP contribution in [-0.4, -0.2) is 12.1 Å². The Morgan fingerprint density at radius 2 is 2.11 bits per heavy atom. The van der Waals surface area contributed by atoms with Crippen molar-refractivity contribution in [3.63, 3.8) is 0 Å². The number of hydrogen-bond donors (Lipinski definition) is 1. The zero-order chi connectivity index (χ0) is 13.0. The Morgan fingerprint density at radius 1 is 1.28 bits per heavy atom. The molecule has 1 aromatic carbocycles. The summed E-state index contributed by atoms with van der Waals surface area (Å²) in [5.74, 6) is 0.874. The van der Waals surface area contributed by atoms with Gasteiger partial charge in [0.25, 0.3) is 0 Å². The Balaban J connectivity index is 2.06. The number of nitrogens with one attached hydrogen (secondary N) is 1. The fourth-order valence-electron chi connectivity index (χ4n) is 1.70. The van der Waals surface area contributed by atoms with Gasteiger partial charge >= 0.3 is 0 Å². The molecule has 0 amide bonds. The maximum absolute atomic E-state index is 5.18. The molecule has 2 aromatic rings. The van der Waals surface area contributed by atoms with Crippen LogP contribution >= 0.6 is 15.9 Å². The summed E-state index contributed by atoms with van der Waals surface area (Å²) in [6.07, 6.45) is 0. The molecule has 0 radical (unpaired) electrons. The first-order chi connectivity index (χ1) is 8.69. The normalized spacial score (nSPS) is 10.2. The van der Waals surface area contributed by atoms with Crippen LogP contribution < -0.4 is 10.1 Å². The lowest BCUT2D eigenvalue weighted by Crippen LogP contribution is -2.03. The third kappa shape index (κ3) is 3.23. The van der Waals surface area contributed by atoms with Gasteiger partial charge in [0.15, 0.2) is 0 Å². The summed E-state index contributed by atoms with van der Waals surface area (Å²) in [4.78, 5) is 4.38. The highest BCUT2D eigenvalue weighted by molar-refractivity contribution is 9.10. The summed E-state index contributed by atoms with van der Waals surface area (Å²) in [6.45, 7) is 2.76. The number of hydrogen-bond acceptors (Lipinski definition) is 3. The van der Waals surface area contributed by atoms with Gasteiger partial charge in [0.05, 0.1) is 19.3 Å².